The van der Waals surface area contributed by atoms with Gasteiger partial charge < -0.3 is 30.6 Å². The fraction of sp³-hybridized carbons (Fsp3) is 0.423. The number of hydrogen-bond donors (Lipinski definition) is 3. The van der Waals surface area contributed by atoms with E-state index in [1.54, 1.807) is 71.9 Å². The van der Waals surface area contributed by atoms with Gasteiger partial charge in [0.05, 0.1) is 19.1 Å². The van der Waals surface area contributed by atoms with Crippen molar-refractivity contribution in [3.05, 3.63) is 52.6 Å². The number of nitrogens with two attached hydrogens (primary N) is 1. The Morgan fingerprint density at radius 2 is 1.66 bits per heavy atom. The predicted molar refractivity (Wildman–Crippen MR) is 145 cm³/mol. The number of ether oxygens (including phenoxy) is 3. The third-order valence-corrected chi connectivity index (χ3v) is 7.10. The van der Waals surface area contributed by atoms with Crippen molar-refractivity contribution < 1.29 is 32.2 Å². The monoisotopic (exact) mass is 548 g/mol. The summed E-state index contributed by atoms with van der Waals surface area (Å²) in [5.41, 5.74) is 8.08. The van der Waals surface area contributed by atoms with Gasteiger partial charge in [0.2, 0.25) is 5.96 Å². The first-order valence-corrected chi connectivity index (χ1v) is 13.2. The van der Waals surface area contributed by atoms with Crippen LogP contribution in [0.2, 0.25) is 0 Å². The second-order valence-corrected chi connectivity index (χ2v) is 11.2. The maximum Gasteiger partial charge on any atom is 0.408 e. The van der Waals surface area contributed by atoms with Gasteiger partial charge in [-0.2, -0.15) is 8.42 Å². The summed E-state index contributed by atoms with van der Waals surface area (Å²) in [6.45, 7) is 10.3. The first-order valence-electron chi connectivity index (χ1n) is 11.8. The molecule has 1 atom stereocenters. The van der Waals surface area contributed by atoms with E-state index in [2.05, 4.69) is 15.0 Å². The number of rotatable bonds is 8. The molecule has 2 aromatic rings. The molecule has 0 saturated heterocycles. The molecule has 2 rings (SSSR count). The number of anilines is 1. The molecule has 38 heavy (non-hydrogen) atoms. The normalized spacial score (nSPS) is 12.9. The largest absolute Gasteiger partial charge is 0.496 e. The summed E-state index contributed by atoms with van der Waals surface area (Å²) in [5, 5.41) is 5.27. The van der Waals surface area contributed by atoms with E-state index in [1.807, 2.05) is 0 Å². The standard InChI is InChI=1S/C26H36N4O7S/c1-15-13-21(35-7)16(2)17(3)22(15)38(33,34)30-24(27)28-19-11-9-18(10-12-19)14-20(23(31)36-8)29-25(32)37-26(4,5)6/h9-13,20H,14H2,1-8H3,(H,29,32)(H3,27,28,30)/t20-/m0/s1. The van der Waals surface area contributed by atoms with Gasteiger partial charge in [-0.05, 0) is 82.0 Å². The minimum Gasteiger partial charge on any atom is -0.496 e. The molecule has 0 bridgehead atoms. The van der Waals surface area contributed by atoms with Crippen molar-refractivity contribution in [2.45, 2.75) is 64.5 Å². The fourth-order valence-corrected chi connectivity index (χ4v) is 5.12. The average Bonchev–Trinajstić information content (AvgIpc) is 2.79. The lowest BCUT2D eigenvalue weighted by Gasteiger charge is -2.22. The number of carbonyl (C=O) groups excluding carboxylic acids is 2. The summed E-state index contributed by atoms with van der Waals surface area (Å²) in [6.07, 6.45) is -0.603. The maximum absolute atomic E-state index is 13.0. The zero-order valence-corrected chi connectivity index (χ0v) is 23.8. The molecule has 0 heterocycles. The molecular formula is C26H36N4O7S. The third kappa shape index (κ3) is 8.10. The summed E-state index contributed by atoms with van der Waals surface area (Å²) < 4.78 is 45.1. The Morgan fingerprint density at radius 1 is 1.05 bits per heavy atom. The number of aryl methyl sites for hydroxylation is 1. The summed E-state index contributed by atoms with van der Waals surface area (Å²) >= 11 is 0. The topological polar surface area (TPSA) is 158 Å². The smallest absolute Gasteiger partial charge is 0.408 e. The first-order chi connectivity index (χ1) is 17.6. The van der Waals surface area contributed by atoms with Gasteiger partial charge in [-0.3, -0.25) is 0 Å². The zero-order chi connectivity index (χ0) is 28.8. The van der Waals surface area contributed by atoms with Crippen LogP contribution in [0.15, 0.2) is 39.6 Å². The van der Waals surface area contributed by atoms with Gasteiger partial charge >= 0.3 is 12.1 Å². The molecule has 0 aromatic heterocycles. The van der Waals surface area contributed by atoms with Crippen molar-refractivity contribution in [1.29, 1.82) is 0 Å². The maximum atomic E-state index is 13.0. The van der Waals surface area contributed by atoms with E-state index in [4.69, 9.17) is 19.9 Å². The Labute approximate surface area is 223 Å². The quantitative estimate of drug-likeness (QED) is 0.255. The van der Waals surface area contributed by atoms with Gasteiger partial charge in [-0.15, -0.1) is 4.40 Å². The Balaban J connectivity index is 2.18. The molecule has 0 aliphatic carbocycles. The van der Waals surface area contributed by atoms with Gasteiger partial charge in [0, 0.05) is 12.1 Å². The minimum atomic E-state index is -4.11. The zero-order valence-electron chi connectivity index (χ0n) is 23.0. The Bertz CT molecular complexity index is 1310. The second-order valence-electron chi connectivity index (χ2n) is 9.67. The highest BCUT2D eigenvalue weighted by molar-refractivity contribution is 7.90. The number of sulfonamides is 1. The van der Waals surface area contributed by atoms with Gasteiger partial charge in [0.15, 0.2) is 0 Å². The van der Waals surface area contributed by atoms with Crippen LogP contribution < -0.4 is 21.1 Å². The highest BCUT2D eigenvalue weighted by Gasteiger charge is 2.26. The van der Waals surface area contributed by atoms with E-state index in [9.17, 15) is 18.0 Å². The summed E-state index contributed by atoms with van der Waals surface area (Å²) in [5.74, 6) is -0.354. The van der Waals surface area contributed by atoms with Crippen LogP contribution in [0.4, 0.5) is 10.5 Å². The number of carbonyl (C=O) groups is 2. The van der Waals surface area contributed by atoms with Crippen LogP contribution in [0.25, 0.3) is 0 Å². The van der Waals surface area contributed by atoms with Crippen molar-refractivity contribution in [2.24, 2.45) is 10.1 Å². The third-order valence-electron chi connectivity index (χ3n) is 5.52. The van der Waals surface area contributed by atoms with E-state index < -0.39 is 33.7 Å². The number of esters is 1. The van der Waals surface area contributed by atoms with E-state index in [-0.39, 0.29) is 17.3 Å². The lowest BCUT2D eigenvalue weighted by Crippen LogP contribution is -2.45. The van der Waals surface area contributed by atoms with E-state index in [1.165, 1.54) is 14.2 Å². The van der Waals surface area contributed by atoms with Crippen molar-refractivity contribution in [3.63, 3.8) is 0 Å². The number of benzene rings is 2. The van der Waals surface area contributed by atoms with Gasteiger partial charge in [-0.25, -0.2) is 9.59 Å². The molecule has 12 heteroatoms. The lowest BCUT2D eigenvalue weighted by molar-refractivity contribution is -0.143. The molecule has 0 unspecified atom stereocenters. The molecule has 2 aromatic carbocycles. The molecule has 11 nitrogen and oxygen atoms in total. The van der Waals surface area contributed by atoms with Crippen LogP contribution in [-0.2, 0) is 30.7 Å². The Hall–Kier alpha value is -3.80. The van der Waals surface area contributed by atoms with Crippen LogP contribution >= 0.6 is 0 Å². The van der Waals surface area contributed by atoms with Crippen molar-refractivity contribution in [2.75, 3.05) is 19.5 Å². The number of alkyl carbamates (subject to hydrolysis) is 1. The van der Waals surface area contributed by atoms with Gasteiger partial charge in [0.25, 0.3) is 10.0 Å². The molecule has 0 fully saturated rings. The van der Waals surface area contributed by atoms with Crippen LogP contribution in [-0.4, -0.2) is 52.3 Å². The van der Waals surface area contributed by atoms with Crippen LogP contribution in [0.5, 0.6) is 5.75 Å². The highest BCUT2D eigenvalue weighted by atomic mass is 32.2. The van der Waals surface area contributed by atoms with Crippen LogP contribution in [0, 0.1) is 20.8 Å². The number of amides is 1. The highest BCUT2D eigenvalue weighted by Crippen LogP contribution is 2.31. The fourth-order valence-electron chi connectivity index (χ4n) is 3.72. The number of hydrogen-bond acceptors (Lipinski definition) is 7. The Kier molecular flexibility index (Phi) is 9.74. The van der Waals surface area contributed by atoms with Crippen molar-refractivity contribution in [1.82, 2.24) is 5.32 Å². The average molecular weight is 549 g/mol. The first kappa shape index (κ1) is 30.4. The number of guanidine groups is 1. The second kappa shape index (κ2) is 12.2. The minimum absolute atomic E-state index is 0.0715. The van der Waals surface area contributed by atoms with Crippen molar-refractivity contribution >= 4 is 33.7 Å². The van der Waals surface area contributed by atoms with E-state index in [0.717, 1.165) is 0 Å². The van der Waals surface area contributed by atoms with Gasteiger partial charge in [-0.1, -0.05) is 12.1 Å². The molecule has 4 N–H and O–H groups in total. The molecule has 1 amide bonds. The Morgan fingerprint density at radius 3 is 2.18 bits per heavy atom. The number of nitrogens with one attached hydrogen (secondary N) is 2. The van der Waals surface area contributed by atoms with E-state index in [0.29, 0.717) is 33.7 Å². The van der Waals surface area contributed by atoms with E-state index >= 15 is 0 Å². The van der Waals surface area contributed by atoms with Crippen LogP contribution in [0.1, 0.15) is 43.0 Å². The lowest BCUT2D eigenvalue weighted by atomic mass is 10.1. The molecule has 0 spiro atoms. The number of methoxy groups -OCH3 is 2. The SMILES string of the molecule is COC(=O)[C@H](Cc1ccc(N/C(N)=N/S(=O)(=O)c2c(C)cc(OC)c(C)c2C)cc1)NC(=O)OC(C)(C)C. The predicted octanol–water partition coefficient (Wildman–Crippen LogP) is 3.34. The summed E-state index contributed by atoms with van der Waals surface area (Å²) in [6, 6.07) is 7.34. The summed E-state index contributed by atoms with van der Waals surface area (Å²) in [4.78, 5) is 24.4. The van der Waals surface area contributed by atoms with Crippen LogP contribution in [0.3, 0.4) is 0 Å². The summed E-state index contributed by atoms with van der Waals surface area (Å²) in [7, 11) is -1.36. The molecule has 208 valence electrons. The van der Waals surface area contributed by atoms with Gasteiger partial charge in [0.1, 0.15) is 17.4 Å². The van der Waals surface area contributed by atoms with Crippen molar-refractivity contribution in [3.8, 4) is 5.75 Å². The molecule has 0 radical (unpaired) electrons. The molecule has 0 aliphatic heterocycles. The molecular weight excluding hydrogens is 512 g/mol. The number of nitrogens with zero attached hydrogens (tertiary/aromatic N) is 1. The molecule has 0 aliphatic rings. The molecule has 0 saturated carbocycles.